The topological polar surface area (TPSA) is 120 Å². The molecule has 0 radical (unpaired) electrons. The molecule has 4 rings (SSSR count). The first-order chi connectivity index (χ1) is 13.9. The van der Waals surface area contributed by atoms with Gasteiger partial charge in [-0.25, -0.2) is 23.2 Å². The summed E-state index contributed by atoms with van der Waals surface area (Å²) in [6.45, 7) is 0.790. The number of carbonyl (C=O) groups is 1. The Morgan fingerprint density at radius 1 is 1.14 bits per heavy atom. The fraction of sp³-hybridized carbons (Fsp3) is 0.105. The lowest BCUT2D eigenvalue weighted by Crippen LogP contribution is -2.22. The molecule has 8 nitrogen and oxygen atoms in total. The molecule has 0 unspecified atom stereocenters. The lowest BCUT2D eigenvalue weighted by atomic mass is 10.2. The minimum Gasteiger partial charge on any atom is -0.347 e. The molecule has 29 heavy (non-hydrogen) atoms. The number of sulfonamides is 1. The maximum Gasteiger partial charge on any atom is 0.253 e. The van der Waals surface area contributed by atoms with E-state index in [2.05, 4.69) is 15.4 Å². The van der Waals surface area contributed by atoms with Crippen LogP contribution in [0.5, 0.6) is 0 Å². The highest BCUT2D eigenvalue weighted by Crippen LogP contribution is 2.20. The number of nitrogens with zero attached hydrogens (tertiary/aromatic N) is 3. The van der Waals surface area contributed by atoms with Crippen LogP contribution in [0, 0.1) is 0 Å². The summed E-state index contributed by atoms with van der Waals surface area (Å²) in [5.74, 6) is -0.305. The Bertz CT molecular complexity index is 1280. The van der Waals surface area contributed by atoms with E-state index in [1.54, 1.807) is 23.0 Å². The van der Waals surface area contributed by atoms with Crippen LogP contribution in [0.3, 0.4) is 0 Å². The Morgan fingerprint density at radius 3 is 2.66 bits per heavy atom. The number of rotatable bonds is 6. The monoisotopic (exact) mass is 427 g/mol. The van der Waals surface area contributed by atoms with Crippen molar-refractivity contribution in [2.75, 3.05) is 0 Å². The lowest BCUT2D eigenvalue weighted by molar-refractivity contribution is 0.0951. The van der Waals surface area contributed by atoms with E-state index in [9.17, 15) is 13.2 Å². The molecule has 0 atom stereocenters. The van der Waals surface area contributed by atoms with Crippen LogP contribution in [0.1, 0.15) is 20.8 Å². The van der Waals surface area contributed by atoms with E-state index >= 15 is 0 Å². The highest BCUT2D eigenvalue weighted by atomic mass is 32.2. The van der Waals surface area contributed by atoms with Crippen LogP contribution in [-0.4, -0.2) is 29.1 Å². The maximum atomic E-state index is 12.4. The summed E-state index contributed by atoms with van der Waals surface area (Å²) in [6, 6.07) is 14.7. The summed E-state index contributed by atoms with van der Waals surface area (Å²) < 4.78 is 24.5. The number of thiophene rings is 1. The summed E-state index contributed by atoms with van der Waals surface area (Å²) in [7, 11) is -3.73. The number of hydrogen-bond donors (Lipinski definition) is 2. The Morgan fingerprint density at radius 2 is 1.93 bits per heavy atom. The number of nitrogens with two attached hydrogens (primary N) is 1. The largest absolute Gasteiger partial charge is 0.347 e. The van der Waals surface area contributed by atoms with Gasteiger partial charge in [0.25, 0.3) is 5.91 Å². The Hall–Kier alpha value is -3.08. The summed E-state index contributed by atoms with van der Waals surface area (Å²) >= 11 is 1.03. The summed E-state index contributed by atoms with van der Waals surface area (Å²) in [5.41, 5.74) is 2.21. The first-order valence-electron chi connectivity index (χ1n) is 8.65. The highest BCUT2D eigenvalue weighted by molar-refractivity contribution is 7.91. The van der Waals surface area contributed by atoms with Gasteiger partial charge in [0.2, 0.25) is 10.0 Å². The van der Waals surface area contributed by atoms with Crippen molar-refractivity contribution in [2.24, 2.45) is 5.14 Å². The van der Waals surface area contributed by atoms with Crippen LogP contribution >= 0.6 is 11.3 Å². The van der Waals surface area contributed by atoms with Crippen molar-refractivity contribution in [1.29, 1.82) is 0 Å². The normalized spacial score (nSPS) is 11.6. The van der Waals surface area contributed by atoms with E-state index in [-0.39, 0.29) is 16.7 Å². The summed E-state index contributed by atoms with van der Waals surface area (Å²) in [4.78, 5) is 17.5. The molecule has 3 heterocycles. The number of nitrogens with one attached hydrogen (secondary N) is 1. The van der Waals surface area contributed by atoms with E-state index < -0.39 is 10.0 Å². The Kier molecular flexibility index (Phi) is 5.14. The number of aromatic nitrogens is 3. The number of fused-ring (bicyclic) bond motifs is 1. The zero-order valence-corrected chi connectivity index (χ0v) is 16.8. The lowest BCUT2D eigenvalue weighted by Gasteiger charge is -2.05. The SMILES string of the molecule is NS(=O)(=O)c1ccc(CNC(=O)c2cnc3c(cnn3Cc3ccccc3)c2)s1. The molecule has 10 heteroatoms. The van der Waals surface area contributed by atoms with Crippen molar-refractivity contribution < 1.29 is 13.2 Å². The fourth-order valence-electron chi connectivity index (χ4n) is 2.84. The third-order valence-corrected chi connectivity index (χ3v) is 6.78. The van der Waals surface area contributed by atoms with Gasteiger partial charge in [-0.3, -0.25) is 4.79 Å². The van der Waals surface area contributed by atoms with Crippen molar-refractivity contribution in [3.63, 3.8) is 0 Å². The molecule has 1 amide bonds. The minimum absolute atomic E-state index is 0.0654. The Balaban J connectivity index is 1.46. The van der Waals surface area contributed by atoms with Gasteiger partial charge in [0.05, 0.1) is 24.8 Å². The predicted octanol–water partition coefficient (Wildman–Crippen LogP) is 2.12. The first-order valence-corrected chi connectivity index (χ1v) is 11.0. The van der Waals surface area contributed by atoms with Gasteiger partial charge in [0, 0.05) is 16.5 Å². The standard InChI is InChI=1S/C19H17N5O3S2/c20-29(26,27)17-7-6-16(28-17)11-22-19(25)15-8-14-10-23-24(18(14)21-9-15)12-13-4-2-1-3-5-13/h1-10H,11-12H2,(H,22,25)(H2,20,26,27). The van der Waals surface area contributed by atoms with Gasteiger partial charge in [-0.2, -0.15) is 5.10 Å². The van der Waals surface area contributed by atoms with Crippen LogP contribution < -0.4 is 10.5 Å². The third-order valence-electron chi connectivity index (χ3n) is 4.25. The van der Waals surface area contributed by atoms with Gasteiger partial charge in [0.15, 0.2) is 5.65 Å². The van der Waals surface area contributed by atoms with E-state index in [4.69, 9.17) is 5.14 Å². The van der Waals surface area contributed by atoms with Crippen molar-refractivity contribution in [2.45, 2.75) is 17.3 Å². The second-order valence-electron chi connectivity index (χ2n) is 6.37. The molecule has 0 aliphatic heterocycles. The van der Waals surface area contributed by atoms with Crippen LogP contribution in [0.15, 0.2) is 65.1 Å². The number of carbonyl (C=O) groups excluding carboxylic acids is 1. The average Bonchev–Trinajstić information content (AvgIpc) is 3.34. The van der Waals surface area contributed by atoms with Crippen LogP contribution in [-0.2, 0) is 23.1 Å². The second-order valence-corrected chi connectivity index (χ2v) is 9.33. The quantitative estimate of drug-likeness (QED) is 0.488. The predicted molar refractivity (Wildman–Crippen MR) is 110 cm³/mol. The average molecular weight is 428 g/mol. The smallest absolute Gasteiger partial charge is 0.253 e. The van der Waals surface area contributed by atoms with Gasteiger partial charge < -0.3 is 5.32 Å². The van der Waals surface area contributed by atoms with Gasteiger partial charge in [-0.1, -0.05) is 30.3 Å². The van der Waals surface area contributed by atoms with Gasteiger partial charge in [-0.15, -0.1) is 11.3 Å². The van der Waals surface area contributed by atoms with E-state index in [0.29, 0.717) is 22.6 Å². The molecule has 0 aliphatic carbocycles. The van der Waals surface area contributed by atoms with E-state index in [0.717, 1.165) is 22.3 Å². The molecule has 0 bridgehead atoms. The molecule has 1 aromatic carbocycles. The molecule has 0 fully saturated rings. The number of hydrogen-bond acceptors (Lipinski definition) is 6. The van der Waals surface area contributed by atoms with Crippen molar-refractivity contribution in [1.82, 2.24) is 20.1 Å². The molecule has 0 saturated carbocycles. The minimum atomic E-state index is -3.73. The molecular weight excluding hydrogens is 410 g/mol. The van der Waals surface area contributed by atoms with Crippen LogP contribution in [0.4, 0.5) is 0 Å². The third kappa shape index (κ3) is 4.34. The molecule has 148 valence electrons. The van der Waals surface area contributed by atoms with Gasteiger partial charge >= 0.3 is 0 Å². The number of amides is 1. The molecule has 0 spiro atoms. The second kappa shape index (κ2) is 7.74. The summed E-state index contributed by atoms with van der Waals surface area (Å²) in [5, 5.41) is 13.0. The number of primary sulfonamides is 1. The highest BCUT2D eigenvalue weighted by Gasteiger charge is 2.13. The molecule has 3 N–H and O–H groups in total. The fourth-order valence-corrected chi connectivity index (χ4v) is 4.56. The van der Waals surface area contributed by atoms with Gasteiger partial charge in [-0.05, 0) is 23.8 Å². The number of benzene rings is 1. The molecule has 0 aliphatic rings. The van der Waals surface area contributed by atoms with Gasteiger partial charge in [0.1, 0.15) is 4.21 Å². The van der Waals surface area contributed by atoms with Crippen LogP contribution in [0.25, 0.3) is 11.0 Å². The van der Waals surface area contributed by atoms with Crippen LogP contribution in [0.2, 0.25) is 0 Å². The van der Waals surface area contributed by atoms with E-state index in [1.165, 1.54) is 12.3 Å². The van der Waals surface area contributed by atoms with Crippen molar-refractivity contribution in [3.8, 4) is 0 Å². The summed E-state index contributed by atoms with van der Waals surface area (Å²) in [6.07, 6.45) is 3.19. The maximum absolute atomic E-state index is 12.4. The zero-order valence-electron chi connectivity index (χ0n) is 15.1. The van der Waals surface area contributed by atoms with Crippen molar-refractivity contribution in [3.05, 3.63) is 76.9 Å². The molecule has 3 aromatic heterocycles. The molecule has 4 aromatic rings. The first kappa shape index (κ1) is 19.2. The van der Waals surface area contributed by atoms with Crippen molar-refractivity contribution >= 4 is 38.3 Å². The zero-order chi connectivity index (χ0) is 20.4. The molecule has 0 saturated heterocycles. The molecular formula is C19H17N5O3S2. The Labute approximate surface area is 171 Å². The van der Waals surface area contributed by atoms with E-state index in [1.807, 2.05) is 30.3 Å². The number of pyridine rings is 1.